The predicted octanol–water partition coefficient (Wildman–Crippen LogP) is 4.27. The molecule has 1 N–H and O–H groups in total. The van der Waals surface area contributed by atoms with E-state index in [4.69, 9.17) is 23.2 Å². The smallest absolute Gasteiger partial charge is 0.0595 e. The minimum Gasteiger partial charge on any atom is -0.307 e. The molecule has 0 amide bonds. The van der Waals surface area contributed by atoms with Crippen LogP contribution >= 0.6 is 23.2 Å². The van der Waals surface area contributed by atoms with Crippen molar-refractivity contribution >= 4 is 23.2 Å². The Labute approximate surface area is 131 Å². The lowest BCUT2D eigenvalue weighted by atomic mass is 9.96. The van der Waals surface area contributed by atoms with Crippen molar-refractivity contribution < 1.29 is 0 Å². The highest BCUT2D eigenvalue weighted by Crippen LogP contribution is 2.35. The quantitative estimate of drug-likeness (QED) is 0.896. The van der Waals surface area contributed by atoms with Crippen LogP contribution in [0.25, 0.3) is 0 Å². The molecule has 2 fully saturated rings. The van der Waals surface area contributed by atoms with Crippen LogP contribution in [0, 0.1) is 0 Å². The van der Waals surface area contributed by atoms with E-state index >= 15 is 0 Å². The number of fused-ring (bicyclic) bond motifs is 2. The Morgan fingerprint density at radius 1 is 1.15 bits per heavy atom. The topological polar surface area (TPSA) is 15.3 Å². The summed E-state index contributed by atoms with van der Waals surface area (Å²) in [7, 11) is 2.28. The monoisotopic (exact) mass is 312 g/mol. The van der Waals surface area contributed by atoms with Crippen LogP contribution < -0.4 is 5.32 Å². The summed E-state index contributed by atoms with van der Waals surface area (Å²) in [5.41, 5.74) is 1.21. The third-order valence-corrected chi connectivity index (χ3v) is 5.77. The molecule has 0 radical (unpaired) electrons. The van der Waals surface area contributed by atoms with Crippen molar-refractivity contribution in [3.05, 3.63) is 33.8 Å². The molecule has 0 saturated carbocycles. The van der Waals surface area contributed by atoms with Gasteiger partial charge in [-0.1, -0.05) is 29.3 Å². The summed E-state index contributed by atoms with van der Waals surface area (Å²) in [4.78, 5) is 2.57. The number of benzene rings is 1. The second-order valence-corrected chi connectivity index (χ2v) is 7.10. The number of hydrogen-bond donors (Lipinski definition) is 1. The zero-order valence-electron chi connectivity index (χ0n) is 12.1. The van der Waals surface area contributed by atoms with Crippen LogP contribution in [0.15, 0.2) is 18.2 Å². The van der Waals surface area contributed by atoms with Gasteiger partial charge in [0.1, 0.15) is 0 Å². The average Bonchev–Trinajstić information content (AvgIpc) is 2.64. The molecule has 20 heavy (non-hydrogen) atoms. The summed E-state index contributed by atoms with van der Waals surface area (Å²) < 4.78 is 0. The summed E-state index contributed by atoms with van der Waals surface area (Å²) in [6.45, 7) is 2.21. The van der Waals surface area contributed by atoms with E-state index in [0.29, 0.717) is 22.1 Å². The molecule has 1 aromatic rings. The van der Waals surface area contributed by atoms with E-state index in [-0.39, 0.29) is 0 Å². The highest BCUT2D eigenvalue weighted by Gasteiger charge is 2.38. The SMILES string of the molecule is CC(NC1CC2CCC(C1)N2C)c1ccc(Cl)c(Cl)c1. The molecule has 2 bridgehead atoms. The van der Waals surface area contributed by atoms with Crippen LogP contribution in [0.1, 0.15) is 44.2 Å². The lowest BCUT2D eigenvalue weighted by molar-refractivity contribution is 0.144. The second kappa shape index (κ2) is 5.84. The van der Waals surface area contributed by atoms with Crippen LogP contribution in [0.5, 0.6) is 0 Å². The first-order valence-electron chi connectivity index (χ1n) is 7.47. The normalized spacial score (nSPS) is 31.5. The molecule has 2 saturated heterocycles. The predicted molar refractivity (Wildman–Crippen MR) is 85.6 cm³/mol. The minimum absolute atomic E-state index is 0.317. The zero-order chi connectivity index (χ0) is 14.3. The average molecular weight is 313 g/mol. The molecule has 4 heteroatoms. The van der Waals surface area contributed by atoms with Crippen molar-refractivity contribution in [3.63, 3.8) is 0 Å². The van der Waals surface area contributed by atoms with Gasteiger partial charge in [0.05, 0.1) is 10.0 Å². The molecular weight excluding hydrogens is 291 g/mol. The summed E-state index contributed by atoms with van der Waals surface area (Å²) >= 11 is 12.1. The molecule has 0 aromatic heterocycles. The molecule has 110 valence electrons. The van der Waals surface area contributed by atoms with Crippen molar-refractivity contribution in [1.29, 1.82) is 0 Å². The van der Waals surface area contributed by atoms with Crippen molar-refractivity contribution in [1.82, 2.24) is 10.2 Å². The van der Waals surface area contributed by atoms with E-state index in [1.54, 1.807) is 0 Å². The van der Waals surface area contributed by atoms with Gasteiger partial charge in [-0.3, -0.25) is 0 Å². The summed E-state index contributed by atoms with van der Waals surface area (Å²) in [5, 5.41) is 5.04. The highest BCUT2D eigenvalue weighted by atomic mass is 35.5. The first kappa shape index (κ1) is 14.6. The molecule has 0 spiro atoms. The molecule has 2 aliphatic rings. The van der Waals surface area contributed by atoms with E-state index < -0.39 is 0 Å². The molecule has 0 aliphatic carbocycles. The maximum atomic E-state index is 6.11. The Morgan fingerprint density at radius 2 is 1.80 bits per heavy atom. The number of rotatable bonds is 3. The van der Waals surface area contributed by atoms with Crippen molar-refractivity contribution in [2.45, 2.75) is 56.8 Å². The standard InChI is InChI=1S/C16H22Cl2N2/c1-10(11-3-6-15(17)16(18)7-11)19-12-8-13-4-5-14(9-12)20(13)2/h3,6-7,10,12-14,19H,4-5,8-9H2,1-2H3. The van der Waals surface area contributed by atoms with Crippen molar-refractivity contribution in [2.75, 3.05) is 7.05 Å². The zero-order valence-corrected chi connectivity index (χ0v) is 13.6. The number of nitrogens with one attached hydrogen (secondary N) is 1. The van der Waals surface area contributed by atoms with Gasteiger partial charge >= 0.3 is 0 Å². The maximum absolute atomic E-state index is 6.11. The van der Waals surface area contributed by atoms with Gasteiger partial charge in [-0.2, -0.15) is 0 Å². The fourth-order valence-electron chi connectivity index (χ4n) is 3.78. The van der Waals surface area contributed by atoms with E-state index in [1.807, 2.05) is 12.1 Å². The van der Waals surface area contributed by atoms with Crippen LogP contribution in [0.4, 0.5) is 0 Å². The van der Waals surface area contributed by atoms with E-state index in [2.05, 4.69) is 30.3 Å². The molecule has 3 unspecified atom stereocenters. The van der Waals surface area contributed by atoms with Gasteiger partial charge in [0.25, 0.3) is 0 Å². The maximum Gasteiger partial charge on any atom is 0.0595 e. The molecule has 2 heterocycles. The number of halogens is 2. The summed E-state index contributed by atoms with van der Waals surface area (Å²) in [5.74, 6) is 0. The van der Waals surface area contributed by atoms with Gasteiger partial charge in [0.15, 0.2) is 0 Å². The van der Waals surface area contributed by atoms with E-state index in [0.717, 1.165) is 12.1 Å². The van der Waals surface area contributed by atoms with Crippen molar-refractivity contribution in [2.24, 2.45) is 0 Å². The Bertz CT molecular complexity index is 477. The largest absolute Gasteiger partial charge is 0.307 e. The number of hydrogen-bond acceptors (Lipinski definition) is 2. The Balaban J connectivity index is 1.64. The van der Waals surface area contributed by atoms with Crippen LogP contribution in [-0.2, 0) is 0 Å². The minimum atomic E-state index is 0.317. The van der Waals surface area contributed by atoms with Crippen molar-refractivity contribution in [3.8, 4) is 0 Å². The van der Waals surface area contributed by atoms with Gasteiger partial charge in [-0.25, -0.2) is 0 Å². The first-order valence-corrected chi connectivity index (χ1v) is 8.23. The van der Waals surface area contributed by atoms with Gasteiger partial charge < -0.3 is 10.2 Å². The summed E-state index contributed by atoms with van der Waals surface area (Å²) in [6.07, 6.45) is 5.25. The lowest BCUT2D eigenvalue weighted by Gasteiger charge is -2.38. The Hall–Kier alpha value is -0.280. The molecule has 3 atom stereocenters. The van der Waals surface area contributed by atoms with Gasteiger partial charge in [0.2, 0.25) is 0 Å². The van der Waals surface area contributed by atoms with Gasteiger partial charge in [0, 0.05) is 24.2 Å². The first-order chi connectivity index (χ1) is 9.54. The highest BCUT2D eigenvalue weighted by molar-refractivity contribution is 6.42. The fraction of sp³-hybridized carbons (Fsp3) is 0.625. The Morgan fingerprint density at radius 3 is 2.40 bits per heavy atom. The van der Waals surface area contributed by atoms with E-state index in [9.17, 15) is 0 Å². The Kier molecular flexibility index (Phi) is 4.28. The van der Waals surface area contributed by atoms with Crippen LogP contribution in [-0.4, -0.2) is 30.1 Å². The second-order valence-electron chi connectivity index (χ2n) is 6.28. The fourth-order valence-corrected chi connectivity index (χ4v) is 4.09. The molecular formula is C16H22Cl2N2. The third kappa shape index (κ3) is 2.85. The number of nitrogens with zero attached hydrogens (tertiary/aromatic N) is 1. The van der Waals surface area contributed by atoms with E-state index in [1.165, 1.54) is 31.2 Å². The summed E-state index contributed by atoms with van der Waals surface area (Å²) in [6, 6.07) is 8.40. The molecule has 3 rings (SSSR count). The lowest BCUT2D eigenvalue weighted by Crippen LogP contribution is -2.47. The van der Waals surface area contributed by atoms with Crippen LogP contribution in [0.2, 0.25) is 10.0 Å². The molecule has 2 aliphatic heterocycles. The number of piperidine rings is 1. The van der Waals surface area contributed by atoms with Gasteiger partial charge in [-0.15, -0.1) is 0 Å². The molecule has 2 nitrogen and oxygen atoms in total. The molecule has 1 aromatic carbocycles. The van der Waals surface area contributed by atoms with Gasteiger partial charge in [-0.05, 0) is 57.4 Å². The third-order valence-electron chi connectivity index (χ3n) is 5.03. The van der Waals surface area contributed by atoms with Crippen LogP contribution in [0.3, 0.4) is 0 Å².